The fraction of sp³-hybridized carbons (Fsp3) is 0.308. The van der Waals surface area contributed by atoms with E-state index in [9.17, 15) is 9.59 Å². The molecule has 0 bridgehead atoms. The van der Waals surface area contributed by atoms with E-state index >= 15 is 0 Å². The van der Waals surface area contributed by atoms with Crippen LogP contribution in [0.3, 0.4) is 0 Å². The second-order valence-corrected chi connectivity index (χ2v) is 4.71. The second kappa shape index (κ2) is 4.86. The van der Waals surface area contributed by atoms with Gasteiger partial charge in [-0.15, -0.1) is 0 Å². The maximum atomic E-state index is 11.6. The van der Waals surface area contributed by atoms with Gasteiger partial charge in [-0.05, 0) is 37.2 Å². The van der Waals surface area contributed by atoms with Crippen LogP contribution in [0, 0.1) is 13.8 Å². The van der Waals surface area contributed by atoms with E-state index in [1.165, 1.54) is 0 Å². The van der Waals surface area contributed by atoms with Crippen molar-refractivity contribution < 1.29 is 9.59 Å². The van der Waals surface area contributed by atoms with E-state index in [0.717, 1.165) is 21.7 Å². The number of thiocarbonyl (C=S) groups is 1. The molecule has 0 radical (unpaired) electrons. The molecule has 0 aliphatic carbocycles. The van der Waals surface area contributed by atoms with Crippen LogP contribution in [0.4, 0.5) is 5.69 Å². The first-order valence-electron chi connectivity index (χ1n) is 5.73. The zero-order valence-corrected chi connectivity index (χ0v) is 11.1. The zero-order chi connectivity index (χ0) is 13.3. The molecule has 1 aromatic carbocycles. The van der Waals surface area contributed by atoms with Crippen molar-refractivity contribution in [1.29, 1.82) is 0 Å². The summed E-state index contributed by atoms with van der Waals surface area (Å²) in [7, 11) is 0. The van der Waals surface area contributed by atoms with Crippen molar-refractivity contribution in [2.75, 3.05) is 5.32 Å². The number of aryl methyl sites for hydroxylation is 2. The van der Waals surface area contributed by atoms with Gasteiger partial charge in [0.05, 0.1) is 0 Å². The Kier molecular flexibility index (Phi) is 3.43. The number of anilines is 1. The third-order valence-corrected chi connectivity index (χ3v) is 3.25. The molecule has 1 saturated heterocycles. The fourth-order valence-corrected chi connectivity index (χ4v) is 2.28. The maximum absolute atomic E-state index is 11.6. The first-order chi connectivity index (χ1) is 8.50. The number of likely N-dealkylation sites (tertiary alicyclic amines) is 1. The lowest BCUT2D eigenvalue weighted by molar-refractivity contribution is -0.133. The smallest absolute Gasteiger partial charge is 0.236 e. The van der Waals surface area contributed by atoms with Gasteiger partial charge in [-0.1, -0.05) is 18.2 Å². The number of nitrogens with one attached hydrogen (secondary N) is 1. The van der Waals surface area contributed by atoms with Crippen molar-refractivity contribution in [3.63, 3.8) is 0 Å². The van der Waals surface area contributed by atoms with Gasteiger partial charge >= 0.3 is 0 Å². The minimum Gasteiger partial charge on any atom is -0.331 e. The summed E-state index contributed by atoms with van der Waals surface area (Å²) in [6.07, 6.45) is 0.487. The highest BCUT2D eigenvalue weighted by molar-refractivity contribution is 7.80. The van der Waals surface area contributed by atoms with E-state index < -0.39 is 0 Å². The van der Waals surface area contributed by atoms with Crippen molar-refractivity contribution in [1.82, 2.24) is 4.90 Å². The highest BCUT2D eigenvalue weighted by atomic mass is 32.1. The first kappa shape index (κ1) is 12.7. The molecule has 94 valence electrons. The van der Waals surface area contributed by atoms with Crippen LogP contribution < -0.4 is 5.32 Å². The molecule has 0 unspecified atom stereocenters. The van der Waals surface area contributed by atoms with Crippen LogP contribution in [-0.2, 0) is 9.59 Å². The molecular formula is C13H14N2O2S. The zero-order valence-electron chi connectivity index (χ0n) is 10.3. The Morgan fingerprint density at radius 2 is 1.67 bits per heavy atom. The predicted octanol–water partition coefficient (Wildman–Crippen LogP) is 2.15. The molecule has 4 nitrogen and oxygen atoms in total. The Hall–Kier alpha value is -1.75. The molecular weight excluding hydrogens is 248 g/mol. The largest absolute Gasteiger partial charge is 0.331 e. The monoisotopic (exact) mass is 262 g/mol. The number of benzene rings is 1. The Morgan fingerprint density at radius 3 is 2.17 bits per heavy atom. The summed E-state index contributed by atoms with van der Waals surface area (Å²) in [5.41, 5.74) is 2.91. The van der Waals surface area contributed by atoms with Crippen molar-refractivity contribution in [2.45, 2.75) is 26.7 Å². The van der Waals surface area contributed by atoms with Gasteiger partial charge in [-0.2, -0.15) is 0 Å². The predicted molar refractivity (Wildman–Crippen MR) is 73.2 cm³/mol. The summed E-state index contributed by atoms with van der Waals surface area (Å²) in [5, 5.41) is 3.16. The molecule has 0 saturated carbocycles. The minimum absolute atomic E-state index is 0.167. The maximum Gasteiger partial charge on any atom is 0.236 e. The minimum atomic E-state index is -0.233. The van der Waals surface area contributed by atoms with E-state index in [2.05, 4.69) is 5.32 Å². The average Bonchev–Trinajstić information content (AvgIpc) is 2.64. The standard InChI is InChI=1S/C13H14N2O2S/c1-8-4-3-5-9(2)12(8)14-13(18)15-10(16)6-7-11(15)17/h3-5H,6-7H2,1-2H3,(H,14,18). The van der Waals surface area contributed by atoms with Crippen LogP contribution in [0.5, 0.6) is 0 Å². The number of para-hydroxylation sites is 1. The van der Waals surface area contributed by atoms with Crippen LogP contribution in [0.25, 0.3) is 0 Å². The number of rotatable bonds is 1. The van der Waals surface area contributed by atoms with Crippen molar-refractivity contribution in [3.8, 4) is 0 Å². The Balaban J connectivity index is 2.22. The molecule has 1 aromatic rings. The lowest BCUT2D eigenvalue weighted by Crippen LogP contribution is -2.38. The van der Waals surface area contributed by atoms with Gasteiger partial charge in [0.25, 0.3) is 0 Å². The third-order valence-electron chi connectivity index (χ3n) is 2.97. The number of carbonyl (C=O) groups excluding carboxylic acids is 2. The van der Waals surface area contributed by atoms with Crippen LogP contribution in [-0.4, -0.2) is 21.8 Å². The van der Waals surface area contributed by atoms with E-state index in [1.807, 2.05) is 32.0 Å². The Labute approximate surface area is 111 Å². The molecule has 0 spiro atoms. The van der Waals surface area contributed by atoms with Gasteiger partial charge < -0.3 is 5.32 Å². The lowest BCUT2D eigenvalue weighted by Gasteiger charge is -2.18. The third kappa shape index (κ3) is 2.26. The van der Waals surface area contributed by atoms with Gasteiger partial charge in [0, 0.05) is 18.5 Å². The summed E-state index contributed by atoms with van der Waals surface area (Å²) in [6.45, 7) is 3.90. The van der Waals surface area contributed by atoms with Gasteiger partial charge in [-0.3, -0.25) is 9.59 Å². The summed E-state index contributed by atoms with van der Waals surface area (Å²) in [4.78, 5) is 24.2. The summed E-state index contributed by atoms with van der Waals surface area (Å²) < 4.78 is 0. The number of imide groups is 1. The molecule has 2 rings (SSSR count). The van der Waals surface area contributed by atoms with Gasteiger partial charge in [0.2, 0.25) is 11.8 Å². The second-order valence-electron chi connectivity index (χ2n) is 4.32. The van der Waals surface area contributed by atoms with Crippen LogP contribution in [0.15, 0.2) is 18.2 Å². The molecule has 5 heteroatoms. The average molecular weight is 262 g/mol. The molecule has 1 aliphatic rings. The highest BCUT2D eigenvalue weighted by Gasteiger charge is 2.32. The fourth-order valence-electron chi connectivity index (χ4n) is 1.98. The van der Waals surface area contributed by atoms with Crippen molar-refractivity contribution in [3.05, 3.63) is 29.3 Å². The van der Waals surface area contributed by atoms with Gasteiger partial charge in [-0.25, -0.2) is 4.90 Å². The van der Waals surface area contributed by atoms with Crippen LogP contribution in [0.2, 0.25) is 0 Å². The quantitative estimate of drug-likeness (QED) is 0.622. The molecule has 0 atom stereocenters. The number of hydrogen-bond acceptors (Lipinski definition) is 3. The molecule has 18 heavy (non-hydrogen) atoms. The van der Waals surface area contributed by atoms with E-state index in [-0.39, 0.29) is 29.8 Å². The van der Waals surface area contributed by atoms with Crippen LogP contribution in [0.1, 0.15) is 24.0 Å². The van der Waals surface area contributed by atoms with Crippen molar-refractivity contribution in [2.24, 2.45) is 0 Å². The van der Waals surface area contributed by atoms with Gasteiger partial charge in [0.15, 0.2) is 5.11 Å². The first-order valence-corrected chi connectivity index (χ1v) is 6.14. The molecule has 1 heterocycles. The summed E-state index contributed by atoms with van der Waals surface area (Å²) in [6, 6.07) is 5.85. The van der Waals surface area contributed by atoms with E-state index in [4.69, 9.17) is 12.2 Å². The number of nitrogens with zero attached hydrogens (tertiary/aromatic N) is 1. The highest BCUT2D eigenvalue weighted by Crippen LogP contribution is 2.21. The van der Waals surface area contributed by atoms with E-state index in [0.29, 0.717) is 0 Å². The van der Waals surface area contributed by atoms with Gasteiger partial charge in [0.1, 0.15) is 0 Å². The lowest BCUT2D eigenvalue weighted by atomic mass is 10.1. The topological polar surface area (TPSA) is 49.4 Å². The Bertz CT molecular complexity index is 504. The number of hydrogen-bond donors (Lipinski definition) is 1. The normalized spacial score (nSPS) is 15.1. The molecule has 2 amide bonds. The van der Waals surface area contributed by atoms with Crippen LogP contribution >= 0.6 is 12.2 Å². The van der Waals surface area contributed by atoms with E-state index in [1.54, 1.807) is 0 Å². The summed E-state index contributed by atoms with van der Waals surface area (Å²) >= 11 is 5.14. The molecule has 1 aliphatic heterocycles. The molecule has 1 fully saturated rings. The SMILES string of the molecule is Cc1cccc(C)c1NC(=S)N1C(=O)CCC1=O. The Morgan fingerprint density at radius 1 is 1.17 bits per heavy atom. The number of carbonyl (C=O) groups is 2. The molecule has 1 N–H and O–H groups in total. The van der Waals surface area contributed by atoms with Crippen molar-refractivity contribution >= 4 is 34.8 Å². The molecule has 0 aromatic heterocycles. The number of amides is 2. The summed E-state index contributed by atoms with van der Waals surface area (Å²) in [5.74, 6) is -0.465.